The zero-order chi connectivity index (χ0) is 45.8. The number of rotatable bonds is 51. The molecule has 0 rings (SSSR count). The third-order valence-electron chi connectivity index (χ3n) is 12.5. The number of carbonyl (C=O) groups is 3. The standard InChI is InChI=1S/C57H106O6/c1-4-7-10-13-16-18-20-22-24-25-26-27-28-29-30-31-32-34-35-37-39-41-44-47-50-56(59)62-53-54(52-61-55(58)49-46-43-15-12-9-6-3)63-57(60)51-48-45-42-40-38-36-33-23-21-19-17-14-11-8-5-2/h17,19,23,33,54H,4-16,18,20-22,24-32,34-53H2,1-3H3/b19-17-,33-23-. The Morgan fingerprint density at radius 2 is 0.571 bits per heavy atom. The lowest BCUT2D eigenvalue weighted by Gasteiger charge is -2.18. The van der Waals surface area contributed by atoms with Gasteiger partial charge in [-0.25, -0.2) is 0 Å². The van der Waals surface area contributed by atoms with Crippen LogP contribution in [0.3, 0.4) is 0 Å². The predicted molar refractivity (Wildman–Crippen MR) is 270 cm³/mol. The lowest BCUT2D eigenvalue weighted by atomic mass is 10.0. The third-order valence-corrected chi connectivity index (χ3v) is 12.5. The van der Waals surface area contributed by atoms with Crippen molar-refractivity contribution in [2.45, 2.75) is 309 Å². The summed E-state index contributed by atoms with van der Waals surface area (Å²) in [5.41, 5.74) is 0. The Labute approximate surface area is 392 Å². The molecule has 370 valence electrons. The van der Waals surface area contributed by atoms with Gasteiger partial charge in [-0.05, 0) is 51.4 Å². The molecule has 1 atom stereocenters. The summed E-state index contributed by atoms with van der Waals surface area (Å²) in [5, 5.41) is 0. The second kappa shape index (κ2) is 52.5. The van der Waals surface area contributed by atoms with Crippen LogP contribution in [0.4, 0.5) is 0 Å². The second-order valence-corrected chi connectivity index (χ2v) is 18.9. The van der Waals surface area contributed by atoms with E-state index in [1.54, 1.807) is 0 Å². The Balaban J connectivity index is 4.07. The maximum atomic E-state index is 12.7. The molecule has 0 aromatic heterocycles. The number of esters is 3. The molecule has 0 aliphatic rings. The molecular formula is C57H106O6. The Kier molecular flexibility index (Phi) is 50.8. The summed E-state index contributed by atoms with van der Waals surface area (Å²) in [5.74, 6) is -0.882. The van der Waals surface area contributed by atoms with Crippen LogP contribution >= 0.6 is 0 Å². The minimum atomic E-state index is -0.771. The summed E-state index contributed by atoms with van der Waals surface area (Å²) in [6.45, 7) is 6.58. The first-order valence-corrected chi connectivity index (χ1v) is 27.8. The van der Waals surface area contributed by atoms with Crippen molar-refractivity contribution < 1.29 is 28.6 Å². The van der Waals surface area contributed by atoms with Crippen LogP contribution in [0.15, 0.2) is 24.3 Å². The van der Waals surface area contributed by atoms with Crippen LogP contribution in [-0.2, 0) is 28.6 Å². The lowest BCUT2D eigenvalue weighted by Crippen LogP contribution is -2.30. The lowest BCUT2D eigenvalue weighted by molar-refractivity contribution is -0.167. The molecule has 0 spiro atoms. The van der Waals surface area contributed by atoms with Gasteiger partial charge in [0, 0.05) is 19.3 Å². The molecule has 1 unspecified atom stereocenters. The smallest absolute Gasteiger partial charge is 0.306 e. The highest BCUT2D eigenvalue weighted by molar-refractivity contribution is 5.71. The zero-order valence-corrected chi connectivity index (χ0v) is 42.4. The first-order chi connectivity index (χ1) is 31.0. The third kappa shape index (κ3) is 50.7. The molecule has 0 aromatic carbocycles. The normalized spacial score (nSPS) is 12.1. The van der Waals surface area contributed by atoms with E-state index in [1.807, 2.05) is 0 Å². The maximum absolute atomic E-state index is 12.7. The van der Waals surface area contributed by atoms with E-state index in [0.29, 0.717) is 19.3 Å². The molecule has 0 heterocycles. The predicted octanol–water partition coefficient (Wildman–Crippen LogP) is 18.3. The SMILES string of the molecule is CCCCC/C=C\C/C=C\CCCCCCCC(=O)OC(COC(=O)CCCCCCCC)COC(=O)CCCCCCCCCCCCCCCCCCCCCCCCCC. The minimum absolute atomic E-state index is 0.0730. The molecule has 0 aliphatic heterocycles. The molecule has 0 saturated heterocycles. The summed E-state index contributed by atoms with van der Waals surface area (Å²) in [4.78, 5) is 37.8. The summed E-state index contributed by atoms with van der Waals surface area (Å²) in [6.07, 6.45) is 60.6. The van der Waals surface area contributed by atoms with Crippen LogP contribution in [0.1, 0.15) is 303 Å². The number of allylic oxidation sites excluding steroid dienone is 4. The van der Waals surface area contributed by atoms with Gasteiger partial charge < -0.3 is 14.2 Å². The zero-order valence-electron chi connectivity index (χ0n) is 42.4. The molecule has 6 nitrogen and oxygen atoms in total. The van der Waals surface area contributed by atoms with E-state index in [-0.39, 0.29) is 31.1 Å². The van der Waals surface area contributed by atoms with E-state index in [2.05, 4.69) is 45.1 Å². The molecule has 0 aromatic rings. The van der Waals surface area contributed by atoms with Crippen molar-refractivity contribution in [2.24, 2.45) is 0 Å². The van der Waals surface area contributed by atoms with E-state index in [1.165, 1.54) is 186 Å². The van der Waals surface area contributed by atoms with Crippen molar-refractivity contribution in [1.82, 2.24) is 0 Å². The number of ether oxygens (including phenoxy) is 3. The number of unbranched alkanes of at least 4 members (excludes halogenated alkanes) is 36. The van der Waals surface area contributed by atoms with Gasteiger partial charge in [0.2, 0.25) is 0 Å². The van der Waals surface area contributed by atoms with E-state index < -0.39 is 6.10 Å². The van der Waals surface area contributed by atoms with Gasteiger partial charge in [-0.2, -0.15) is 0 Å². The van der Waals surface area contributed by atoms with Gasteiger partial charge in [0.25, 0.3) is 0 Å². The molecule has 0 aliphatic carbocycles. The molecular weight excluding hydrogens is 781 g/mol. The fourth-order valence-corrected chi connectivity index (χ4v) is 8.24. The number of hydrogen-bond donors (Lipinski definition) is 0. The van der Waals surface area contributed by atoms with Crippen LogP contribution < -0.4 is 0 Å². The van der Waals surface area contributed by atoms with Crippen LogP contribution in [0.5, 0.6) is 0 Å². The van der Waals surface area contributed by atoms with Gasteiger partial charge in [0.05, 0.1) is 0 Å². The molecule has 0 bridgehead atoms. The highest BCUT2D eigenvalue weighted by Gasteiger charge is 2.19. The fourth-order valence-electron chi connectivity index (χ4n) is 8.24. The summed E-state index contributed by atoms with van der Waals surface area (Å²) < 4.78 is 16.7. The molecule has 0 radical (unpaired) electrons. The molecule has 0 N–H and O–H groups in total. The molecule has 0 fully saturated rings. The monoisotopic (exact) mass is 887 g/mol. The van der Waals surface area contributed by atoms with Crippen molar-refractivity contribution in [3.63, 3.8) is 0 Å². The number of hydrogen-bond acceptors (Lipinski definition) is 6. The topological polar surface area (TPSA) is 78.9 Å². The molecule has 0 saturated carbocycles. The second-order valence-electron chi connectivity index (χ2n) is 18.9. The van der Waals surface area contributed by atoms with Crippen molar-refractivity contribution in [1.29, 1.82) is 0 Å². The van der Waals surface area contributed by atoms with Crippen molar-refractivity contribution in [3.8, 4) is 0 Å². The van der Waals surface area contributed by atoms with Crippen molar-refractivity contribution >= 4 is 17.9 Å². The summed E-state index contributed by atoms with van der Waals surface area (Å²) in [7, 11) is 0. The minimum Gasteiger partial charge on any atom is -0.462 e. The van der Waals surface area contributed by atoms with Crippen molar-refractivity contribution in [3.05, 3.63) is 24.3 Å². The fraction of sp³-hybridized carbons (Fsp3) is 0.877. The summed E-state index contributed by atoms with van der Waals surface area (Å²) in [6, 6.07) is 0. The quantitative estimate of drug-likeness (QED) is 0.0262. The Bertz CT molecular complexity index is 1020. The Morgan fingerprint density at radius 3 is 0.905 bits per heavy atom. The van der Waals surface area contributed by atoms with Crippen LogP contribution in [0.25, 0.3) is 0 Å². The van der Waals surface area contributed by atoms with E-state index in [0.717, 1.165) is 77.0 Å². The largest absolute Gasteiger partial charge is 0.462 e. The van der Waals surface area contributed by atoms with Gasteiger partial charge in [-0.3, -0.25) is 14.4 Å². The molecule has 63 heavy (non-hydrogen) atoms. The van der Waals surface area contributed by atoms with E-state index in [9.17, 15) is 14.4 Å². The molecule has 0 amide bonds. The highest BCUT2D eigenvalue weighted by atomic mass is 16.6. The molecule has 6 heteroatoms. The van der Waals surface area contributed by atoms with Gasteiger partial charge in [-0.15, -0.1) is 0 Å². The van der Waals surface area contributed by atoms with Crippen LogP contribution in [-0.4, -0.2) is 37.2 Å². The number of carbonyl (C=O) groups excluding carboxylic acids is 3. The van der Waals surface area contributed by atoms with Crippen LogP contribution in [0, 0.1) is 0 Å². The van der Waals surface area contributed by atoms with Gasteiger partial charge in [0.15, 0.2) is 6.10 Å². The Hall–Kier alpha value is -2.11. The van der Waals surface area contributed by atoms with Gasteiger partial charge in [0.1, 0.15) is 13.2 Å². The summed E-state index contributed by atoms with van der Waals surface area (Å²) >= 11 is 0. The van der Waals surface area contributed by atoms with Crippen molar-refractivity contribution in [2.75, 3.05) is 13.2 Å². The Morgan fingerprint density at radius 1 is 0.317 bits per heavy atom. The van der Waals surface area contributed by atoms with Gasteiger partial charge in [-0.1, -0.05) is 257 Å². The average molecular weight is 887 g/mol. The van der Waals surface area contributed by atoms with Gasteiger partial charge >= 0.3 is 17.9 Å². The van der Waals surface area contributed by atoms with Crippen LogP contribution in [0.2, 0.25) is 0 Å². The first kappa shape index (κ1) is 60.9. The van der Waals surface area contributed by atoms with E-state index in [4.69, 9.17) is 14.2 Å². The first-order valence-electron chi connectivity index (χ1n) is 27.8. The highest BCUT2D eigenvalue weighted by Crippen LogP contribution is 2.17. The maximum Gasteiger partial charge on any atom is 0.306 e. The average Bonchev–Trinajstić information content (AvgIpc) is 3.28. The van der Waals surface area contributed by atoms with E-state index >= 15 is 0 Å².